The number of ether oxygens (including phenoxy) is 2. The molecule has 6 heteroatoms. The van der Waals surface area contributed by atoms with Crippen LogP contribution in [0.5, 0.6) is 0 Å². The smallest absolute Gasteiger partial charge is 0.293 e. The van der Waals surface area contributed by atoms with Gasteiger partial charge in [0.25, 0.3) is 6.47 Å². The first-order valence-corrected chi connectivity index (χ1v) is 8.32. The van der Waals surface area contributed by atoms with Gasteiger partial charge >= 0.3 is 0 Å². The highest BCUT2D eigenvalue weighted by molar-refractivity contribution is 6.09. The summed E-state index contributed by atoms with van der Waals surface area (Å²) < 4.78 is 12.9. The van der Waals surface area contributed by atoms with E-state index in [1.807, 2.05) is 55.7 Å². The molecule has 0 aliphatic heterocycles. The van der Waals surface area contributed by atoms with Gasteiger partial charge in [-0.3, -0.25) is 4.79 Å². The van der Waals surface area contributed by atoms with Crippen molar-refractivity contribution in [2.75, 3.05) is 12.3 Å². The number of hydrogen-bond acceptors (Lipinski definition) is 5. The number of benzene rings is 2. The molecule has 1 heterocycles. The van der Waals surface area contributed by atoms with E-state index in [1.54, 1.807) is 0 Å². The van der Waals surface area contributed by atoms with Crippen molar-refractivity contribution in [3.8, 4) is 0 Å². The first kappa shape index (κ1) is 17.2. The Kier molecular flexibility index (Phi) is 4.63. The molecule has 2 N–H and O–H groups in total. The maximum atomic E-state index is 10.8. The van der Waals surface area contributed by atoms with Gasteiger partial charge in [-0.25, -0.2) is 4.98 Å². The fourth-order valence-corrected chi connectivity index (χ4v) is 3.07. The van der Waals surface area contributed by atoms with Crippen molar-refractivity contribution in [2.45, 2.75) is 39.5 Å². The van der Waals surface area contributed by atoms with E-state index in [1.165, 1.54) is 0 Å². The van der Waals surface area contributed by atoms with Crippen LogP contribution in [0.25, 0.3) is 21.8 Å². The summed E-state index contributed by atoms with van der Waals surface area (Å²) in [6.07, 6.45) is 0. The van der Waals surface area contributed by atoms with Crippen LogP contribution in [-0.4, -0.2) is 28.2 Å². The van der Waals surface area contributed by atoms with E-state index >= 15 is 0 Å². The van der Waals surface area contributed by atoms with Gasteiger partial charge in [0.1, 0.15) is 23.5 Å². The van der Waals surface area contributed by atoms with Crippen LogP contribution in [0.3, 0.4) is 0 Å². The molecule has 0 amide bonds. The van der Waals surface area contributed by atoms with E-state index in [0.29, 0.717) is 31.9 Å². The molecule has 0 atom stereocenters. The summed E-state index contributed by atoms with van der Waals surface area (Å²) in [5.41, 5.74) is 7.88. The Bertz CT molecular complexity index is 915. The van der Waals surface area contributed by atoms with Crippen LogP contribution < -0.4 is 5.73 Å². The van der Waals surface area contributed by atoms with Crippen LogP contribution in [0, 0.1) is 0 Å². The van der Waals surface area contributed by atoms with Crippen molar-refractivity contribution in [2.24, 2.45) is 0 Å². The number of nitrogens with zero attached hydrogens (tertiary/aromatic N) is 2. The number of anilines is 1. The van der Waals surface area contributed by atoms with Gasteiger partial charge in [0.2, 0.25) is 0 Å². The van der Waals surface area contributed by atoms with Crippen LogP contribution >= 0.6 is 0 Å². The van der Waals surface area contributed by atoms with Crippen LogP contribution in [-0.2, 0) is 27.4 Å². The zero-order chi connectivity index (χ0) is 18.0. The zero-order valence-corrected chi connectivity index (χ0v) is 14.8. The van der Waals surface area contributed by atoms with Crippen molar-refractivity contribution in [3.63, 3.8) is 0 Å². The highest BCUT2D eigenvalue weighted by atomic mass is 16.5. The Morgan fingerprint density at radius 2 is 2.08 bits per heavy atom. The third-order valence-corrected chi connectivity index (χ3v) is 4.19. The number of carbonyl (C=O) groups excluding carboxylic acids is 1. The SMILES string of the molecule is CCOCc1nc2c(N)cc3ccccc3c2n1CC(C)(C)OC=O. The molecule has 0 saturated heterocycles. The van der Waals surface area contributed by atoms with E-state index in [0.717, 1.165) is 27.6 Å². The first-order chi connectivity index (χ1) is 12.0. The second-order valence-electron chi connectivity index (χ2n) is 6.61. The molecule has 0 bridgehead atoms. The van der Waals surface area contributed by atoms with Crippen molar-refractivity contribution in [1.29, 1.82) is 0 Å². The van der Waals surface area contributed by atoms with Gasteiger partial charge in [0.15, 0.2) is 0 Å². The maximum Gasteiger partial charge on any atom is 0.293 e. The minimum absolute atomic E-state index is 0.371. The average Bonchev–Trinajstić information content (AvgIpc) is 2.91. The molecule has 0 saturated carbocycles. The maximum absolute atomic E-state index is 10.8. The number of hydrogen-bond donors (Lipinski definition) is 1. The lowest BCUT2D eigenvalue weighted by Gasteiger charge is -2.25. The molecule has 0 fully saturated rings. The van der Waals surface area contributed by atoms with E-state index in [2.05, 4.69) is 0 Å². The Labute approximate surface area is 146 Å². The quantitative estimate of drug-likeness (QED) is 0.527. The number of aromatic nitrogens is 2. The fraction of sp³-hybridized carbons (Fsp3) is 0.368. The van der Waals surface area contributed by atoms with Gasteiger partial charge in [0.05, 0.1) is 17.7 Å². The molecule has 6 nitrogen and oxygen atoms in total. The highest BCUT2D eigenvalue weighted by Gasteiger charge is 2.25. The molecule has 3 rings (SSSR count). The molecule has 25 heavy (non-hydrogen) atoms. The lowest BCUT2D eigenvalue weighted by atomic mass is 10.1. The second-order valence-corrected chi connectivity index (χ2v) is 6.61. The number of imidazole rings is 1. The molecule has 132 valence electrons. The molecule has 3 aromatic rings. The van der Waals surface area contributed by atoms with Gasteiger partial charge in [-0.05, 0) is 32.2 Å². The molecule has 0 radical (unpaired) electrons. The van der Waals surface area contributed by atoms with Crippen molar-refractivity contribution < 1.29 is 14.3 Å². The van der Waals surface area contributed by atoms with E-state index < -0.39 is 5.60 Å². The number of nitrogens with two attached hydrogens (primary N) is 1. The molecular weight excluding hydrogens is 318 g/mol. The minimum Gasteiger partial charge on any atom is -0.460 e. The first-order valence-electron chi connectivity index (χ1n) is 8.32. The number of nitrogen functional groups attached to an aromatic ring is 1. The van der Waals surface area contributed by atoms with Crippen molar-refractivity contribution in [1.82, 2.24) is 9.55 Å². The minimum atomic E-state index is -0.679. The Balaban J connectivity index is 2.27. The van der Waals surface area contributed by atoms with Crippen LogP contribution in [0.1, 0.15) is 26.6 Å². The lowest BCUT2D eigenvalue weighted by Crippen LogP contribution is -2.31. The monoisotopic (exact) mass is 341 g/mol. The Morgan fingerprint density at radius 1 is 1.32 bits per heavy atom. The van der Waals surface area contributed by atoms with Gasteiger partial charge in [0, 0.05) is 12.0 Å². The summed E-state index contributed by atoms with van der Waals surface area (Å²) in [6, 6.07) is 9.98. The molecular formula is C19H23N3O3. The Morgan fingerprint density at radius 3 is 2.80 bits per heavy atom. The lowest BCUT2D eigenvalue weighted by molar-refractivity contribution is -0.141. The predicted octanol–water partition coefficient (Wildman–Crippen LogP) is 3.26. The standard InChI is InChI=1S/C19H23N3O3/c1-4-24-10-16-21-17-15(20)9-13-7-5-6-8-14(13)18(17)22(16)11-19(2,3)25-12-23/h5-9,12H,4,10-11,20H2,1-3H3. The summed E-state index contributed by atoms with van der Waals surface area (Å²) in [5.74, 6) is 0.766. The largest absolute Gasteiger partial charge is 0.460 e. The molecule has 0 aliphatic carbocycles. The van der Waals surface area contributed by atoms with Crippen LogP contribution in [0.15, 0.2) is 30.3 Å². The summed E-state index contributed by atoms with van der Waals surface area (Å²) in [6.45, 7) is 7.57. The summed E-state index contributed by atoms with van der Waals surface area (Å²) in [7, 11) is 0. The summed E-state index contributed by atoms with van der Waals surface area (Å²) >= 11 is 0. The van der Waals surface area contributed by atoms with E-state index in [4.69, 9.17) is 20.2 Å². The normalized spacial score (nSPS) is 12.0. The van der Waals surface area contributed by atoms with Crippen molar-refractivity contribution >= 4 is 34.0 Å². The summed E-state index contributed by atoms with van der Waals surface area (Å²) in [5, 5.41) is 2.11. The zero-order valence-electron chi connectivity index (χ0n) is 14.8. The van der Waals surface area contributed by atoms with Crippen molar-refractivity contribution in [3.05, 3.63) is 36.2 Å². The Hall–Kier alpha value is -2.60. The molecule has 1 aromatic heterocycles. The molecule has 0 unspecified atom stereocenters. The molecule has 0 spiro atoms. The van der Waals surface area contributed by atoms with Crippen LogP contribution in [0.4, 0.5) is 5.69 Å². The van der Waals surface area contributed by atoms with Crippen LogP contribution in [0.2, 0.25) is 0 Å². The van der Waals surface area contributed by atoms with Gasteiger partial charge in [-0.2, -0.15) is 0 Å². The van der Waals surface area contributed by atoms with Gasteiger partial charge in [-0.15, -0.1) is 0 Å². The predicted molar refractivity (Wildman–Crippen MR) is 98.2 cm³/mol. The number of carbonyl (C=O) groups is 1. The number of fused-ring (bicyclic) bond motifs is 3. The summed E-state index contributed by atoms with van der Waals surface area (Å²) in [4.78, 5) is 15.6. The number of rotatable bonds is 7. The topological polar surface area (TPSA) is 79.4 Å². The highest BCUT2D eigenvalue weighted by Crippen LogP contribution is 2.32. The van der Waals surface area contributed by atoms with Gasteiger partial charge in [-0.1, -0.05) is 24.3 Å². The fourth-order valence-electron chi connectivity index (χ4n) is 3.07. The van der Waals surface area contributed by atoms with E-state index in [-0.39, 0.29) is 0 Å². The third kappa shape index (κ3) is 3.30. The second kappa shape index (κ2) is 6.72. The average molecular weight is 341 g/mol. The van der Waals surface area contributed by atoms with E-state index in [9.17, 15) is 4.79 Å². The third-order valence-electron chi connectivity index (χ3n) is 4.19. The molecule has 0 aliphatic rings. The van der Waals surface area contributed by atoms with Gasteiger partial charge < -0.3 is 19.8 Å². The molecule has 2 aromatic carbocycles.